The Kier molecular flexibility index (Phi) is 5.16. The van der Waals surface area contributed by atoms with Crippen molar-refractivity contribution in [2.75, 3.05) is 10.0 Å². The summed E-state index contributed by atoms with van der Waals surface area (Å²) in [6.07, 6.45) is 0. The van der Waals surface area contributed by atoms with Crippen molar-refractivity contribution in [2.45, 2.75) is 4.90 Å². The molecule has 0 radical (unpaired) electrons. The minimum Gasteiger partial charge on any atom is -0.321 e. The van der Waals surface area contributed by atoms with Crippen molar-refractivity contribution in [3.8, 4) is 0 Å². The van der Waals surface area contributed by atoms with Crippen LogP contribution in [0.4, 0.5) is 15.8 Å². The predicted octanol–water partition coefficient (Wildman–Crippen LogP) is 4.43. The van der Waals surface area contributed by atoms with Gasteiger partial charge in [-0.15, -0.1) is 0 Å². The average Bonchev–Trinajstić information content (AvgIpc) is 2.73. The van der Waals surface area contributed by atoms with Gasteiger partial charge in [0.15, 0.2) is 0 Å². The van der Waals surface area contributed by atoms with Gasteiger partial charge in [0.05, 0.1) is 16.1 Å². The molecule has 6 nitrogen and oxygen atoms in total. The topological polar surface area (TPSA) is 88.2 Å². The summed E-state index contributed by atoms with van der Waals surface area (Å²) in [7, 11) is -3.89. The number of carbonyl (C=O) groups is 1. The standard InChI is InChI=1S/C22H16FN3O3S/c23-16-5-3-6-18(14-16)26-30(28,29)19-11-9-17(10-12-19)24-22(27)21-13-8-15-4-1-2-7-20(15)25-21/h1-14,26H,(H,24,27). The third-order valence-electron chi connectivity index (χ3n) is 4.33. The Labute approximate surface area is 172 Å². The van der Waals surface area contributed by atoms with E-state index in [-0.39, 0.29) is 16.3 Å². The van der Waals surface area contributed by atoms with Gasteiger partial charge < -0.3 is 5.32 Å². The van der Waals surface area contributed by atoms with Crippen LogP contribution in [0.2, 0.25) is 0 Å². The first kappa shape index (κ1) is 19.5. The lowest BCUT2D eigenvalue weighted by atomic mass is 10.2. The summed E-state index contributed by atoms with van der Waals surface area (Å²) in [6, 6.07) is 21.7. The van der Waals surface area contributed by atoms with Crippen LogP contribution < -0.4 is 10.0 Å². The second-order valence-electron chi connectivity index (χ2n) is 6.48. The van der Waals surface area contributed by atoms with E-state index in [0.29, 0.717) is 11.2 Å². The number of hydrogen-bond donors (Lipinski definition) is 2. The highest BCUT2D eigenvalue weighted by atomic mass is 32.2. The van der Waals surface area contributed by atoms with E-state index in [4.69, 9.17) is 0 Å². The minimum absolute atomic E-state index is 0.0198. The van der Waals surface area contributed by atoms with Gasteiger partial charge in [0.1, 0.15) is 11.5 Å². The van der Waals surface area contributed by atoms with Crippen LogP contribution >= 0.6 is 0 Å². The molecular formula is C22H16FN3O3S. The van der Waals surface area contributed by atoms with E-state index in [9.17, 15) is 17.6 Å². The Morgan fingerprint density at radius 3 is 2.37 bits per heavy atom. The van der Waals surface area contributed by atoms with Crippen molar-refractivity contribution >= 4 is 38.2 Å². The van der Waals surface area contributed by atoms with Gasteiger partial charge in [-0.1, -0.05) is 30.3 Å². The third kappa shape index (κ3) is 4.28. The van der Waals surface area contributed by atoms with E-state index < -0.39 is 21.7 Å². The number of nitrogens with zero attached hydrogens (tertiary/aromatic N) is 1. The van der Waals surface area contributed by atoms with Crippen LogP contribution in [0.3, 0.4) is 0 Å². The molecule has 0 aliphatic rings. The zero-order valence-electron chi connectivity index (χ0n) is 15.5. The smallest absolute Gasteiger partial charge is 0.274 e. The summed E-state index contributed by atoms with van der Waals surface area (Å²) < 4.78 is 40.5. The Hall–Kier alpha value is -3.78. The quantitative estimate of drug-likeness (QED) is 0.499. The summed E-state index contributed by atoms with van der Waals surface area (Å²) in [4.78, 5) is 16.8. The summed E-state index contributed by atoms with van der Waals surface area (Å²) in [5.74, 6) is -0.954. The number of para-hydroxylation sites is 1. The van der Waals surface area contributed by atoms with Gasteiger partial charge >= 0.3 is 0 Å². The fraction of sp³-hybridized carbons (Fsp3) is 0. The molecule has 150 valence electrons. The molecule has 3 aromatic carbocycles. The lowest BCUT2D eigenvalue weighted by Gasteiger charge is -2.10. The van der Waals surface area contributed by atoms with Crippen LogP contribution in [0.15, 0.2) is 89.8 Å². The SMILES string of the molecule is O=C(Nc1ccc(S(=O)(=O)Nc2cccc(F)c2)cc1)c1ccc2ccccc2n1. The maximum absolute atomic E-state index is 13.3. The molecule has 0 aliphatic heterocycles. The van der Waals surface area contributed by atoms with Crippen LogP contribution in [-0.2, 0) is 10.0 Å². The van der Waals surface area contributed by atoms with E-state index in [2.05, 4.69) is 15.0 Å². The highest BCUT2D eigenvalue weighted by Crippen LogP contribution is 2.19. The molecule has 0 saturated carbocycles. The number of rotatable bonds is 5. The molecule has 1 amide bonds. The number of pyridine rings is 1. The zero-order valence-corrected chi connectivity index (χ0v) is 16.4. The van der Waals surface area contributed by atoms with E-state index in [1.165, 1.54) is 42.5 Å². The lowest BCUT2D eigenvalue weighted by molar-refractivity contribution is 0.102. The second kappa shape index (κ2) is 7.92. The van der Waals surface area contributed by atoms with Crippen LogP contribution in [0.25, 0.3) is 10.9 Å². The molecular weight excluding hydrogens is 405 g/mol. The van der Waals surface area contributed by atoms with E-state index in [1.54, 1.807) is 6.07 Å². The first-order chi connectivity index (χ1) is 14.4. The molecule has 2 N–H and O–H groups in total. The number of aromatic nitrogens is 1. The van der Waals surface area contributed by atoms with Gasteiger partial charge in [-0.3, -0.25) is 9.52 Å². The monoisotopic (exact) mass is 421 g/mol. The van der Waals surface area contributed by atoms with E-state index in [0.717, 1.165) is 11.5 Å². The van der Waals surface area contributed by atoms with E-state index in [1.807, 2.05) is 30.3 Å². The normalized spacial score (nSPS) is 11.2. The molecule has 4 aromatic rings. The number of fused-ring (bicyclic) bond motifs is 1. The number of amides is 1. The summed E-state index contributed by atoms with van der Waals surface area (Å²) in [6.45, 7) is 0. The number of nitrogens with one attached hydrogen (secondary N) is 2. The number of anilines is 2. The number of sulfonamides is 1. The Morgan fingerprint density at radius 2 is 1.60 bits per heavy atom. The molecule has 0 unspecified atom stereocenters. The molecule has 0 bridgehead atoms. The van der Waals surface area contributed by atoms with Crippen molar-refractivity contribution in [1.29, 1.82) is 0 Å². The maximum Gasteiger partial charge on any atom is 0.274 e. The van der Waals surface area contributed by atoms with Gasteiger partial charge in [0.25, 0.3) is 15.9 Å². The van der Waals surface area contributed by atoms with Crippen molar-refractivity contribution < 1.29 is 17.6 Å². The van der Waals surface area contributed by atoms with Gasteiger partial charge in [-0.25, -0.2) is 17.8 Å². The zero-order chi connectivity index (χ0) is 21.1. The van der Waals surface area contributed by atoms with Crippen molar-refractivity contribution in [3.63, 3.8) is 0 Å². The maximum atomic E-state index is 13.3. The first-order valence-corrected chi connectivity index (χ1v) is 10.4. The van der Waals surface area contributed by atoms with Gasteiger partial charge in [0.2, 0.25) is 0 Å². The second-order valence-corrected chi connectivity index (χ2v) is 8.17. The van der Waals surface area contributed by atoms with Crippen molar-refractivity contribution in [1.82, 2.24) is 4.98 Å². The summed E-state index contributed by atoms with van der Waals surface area (Å²) in [5.41, 5.74) is 1.49. The minimum atomic E-state index is -3.89. The highest BCUT2D eigenvalue weighted by Gasteiger charge is 2.15. The number of carbonyl (C=O) groups excluding carboxylic acids is 1. The van der Waals surface area contributed by atoms with Crippen LogP contribution in [0.5, 0.6) is 0 Å². The van der Waals surface area contributed by atoms with Crippen molar-refractivity contribution in [3.05, 3.63) is 96.4 Å². The average molecular weight is 421 g/mol. The van der Waals surface area contributed by atoms with Crippen LogP contribution in [-0.4, -0.2) is 19.3 Å². The molecule has 0 aliphatic carbocycles. The van der Waals surface area contributed by atoms with Crippen LogP contribution in [0, 0.1) is 5.82 Å². The molecule has 0 atom stereocenters. The molecule has 0 fully saturated rings. The summed E-state index contributed by atoms with van der Waals surface area (Å²) in [5, 5.41) is 3.62. The third-order valence-corrected chi connectivity index (χ3v) is 5.73. The molecule has 8 heteroatoms. The predicted molar refractivity (Wildman–Crippen MR) is 113 cm³/mol. The molecule has 1 aromatic heterocycles. The van der Waals surface area contributed by atoms with Crippen LogP contribution in [0.1, 0.15) is 10.5 Å². The van der Waals surface area contributed by atoms with Gasteiger partial charge in [0, 0.05) is 11.1 Å². The van der Waals surface area contributed by atoms with Gasteiger partial charge in [-0.2, -0.15) is 0 Å². The highest BCUT2D eigenvalue weighted by molar-refractivity contribution is 7.92. The number of hydrogen-bond acceptors (Lipinski definition) is 4. The number of benzene rings is 3. The fourth-order valence-electron chi connectivity index (χ4n) is 2.87. The Morgan fingerprint density at radius 1 is 0.833 bits per heavy atom. The fourth-order valence-corrected chi connectivity index (χ4v) is 3.92. The summed E-state index contributed by atoms with van der Waals surface area (Å²) >= 11 is 0. The number of halogens is 1. The lowest BCUT2D eigenvalue weighted by Crippen LogP contribution is -2.15. The largest absolute Gasteiger partial charge is 0.321 e. The molecule has 0 spiro atoms. The molecule has 1 heterocycles. The molecule has 0 saturated heterocycles. The Balaban J connectivity index is 1.49. The van der Waals surface area contributed by atoms with Crippen molar-refractivity contribution in [2.24, 2.45) is 0 Å². The first-order valence-electron chi connectivity index (χ1n) is 8.96. The molecule has 30 heavy (non-hydrogen) atoms. The Bertz CT molecular complexity index is 1340. The van der Waals surface area contributed by atoms with E-state index >= 15 is 0 Å². The van der Waals surface area contributed by atoms with Gasteiger partial charge in [-0.05, 0) is 54.6 Å². The molecule has 4 rings (SSSR count).